The lowest BCUT2D eigenvalue weighted by Gasteiger charge is -2.19. The summed E-state index contributed by atoms with van der Waals surface area (Å²) >= 11 is 0. The summed E-state index contributed by atoms with van der Waals surface area (Å²) in [6.07, 6.45) is 0.673. The molecule has 1 aromatic carbocycles. The molecule has 1 heterocycles. The molecule has 0 saturated heterocycles. The van der Waals surface area contributed by atoms with Gasteiger partial charge in [0.15, 0.2) is 11.5 Å². The van der Waals surface area contributed by atoms with Gasteiger partial charge in [-0.2, -0.15) is 0 Å². The molecular weight excluding hydrogens is 332 g/mol. The Morgan fingerprint density at radius 3 is 2.38 bits per heavy atom. The number of hydrogen-bond acceptors (Lipinski definition) is 4. The molecule has 0 radical (unpaired) electrons. The highest BCUT2D eigenvalue weighted by atomic mass is 16.5. The van der Waals surface area contributed by atoms with E-state index in [4.69, 9.17) is 9.47 Å². The number of carbonyl (C=O) groups is 1. The second-order valence-corrected chi connectivity index (χ2v) is 6.24. The second-order valence-electron chi connectivity index (χ2n) is 6.24. The summed E-state index contributed by atoms with van der Waals surface area (Å²) in [6.45, 7) is 5.72. The summed E-state index contributed by atoms with van der Waals surface area (Å²) in [5.41, 5.74) is 2.48. The molecule has 26 heavy (non-hydrogen) atoms. The van der Waals surface area contributed by atoms with Crippen molar-refractivity contribution in [3.8, 4) is 11.5 Å². The maximum Gasteiger partial charge on any atom is 0.263 e. The lowest BCUT2D eigenvalue weighted by molar-refractivity contribution is 0.0933. The first-order chi connectivity index (χ1) is 12.3. The highest BCUT2D eigenvalue weighted by Gasteiger charge is 2.19. The van der Waals surface area contributed by atoms with Gasteiger partial charge < -0.3 is 19.4 Å². The van der Waals surface area contributed by atoms with Crippen molar-refractivity contribution in [1.82, 2.24) is 9.88 Å². The number of nitrogens with zero attached hydrogens (tertiary/aromatic N) is 1. The maximum atomic E-state index is 12.7. The molecule has 2 aromatic rings. The number of nitrogens with one attached hydrogen (secondary N) is 1. The van der Waals surface area contributed by atoms with Gasteiger partial charge in [0.25, 0.3) is 11.5 Å². The van der Waals surface area contributed by atoms with E-state index in [9.17, 15) is 9.59 Å². The van der Waals surface area contributed by atoms with Crippen molar-refractivity contribution in [2.75, 3.05) is 14.2 Å². The highest BCUT2D eigenvalue weighted by molar-refractivity contribution is 5.94. The van der Waals surface area contributed by atoms with Crippen LogP contribution >= 0.6 is 0 Å². The summed E-state index contributed by atoms with van der Waals surface area (Å²) in [7, 11) is 4.82. The van der Waals surface area contributed by atoms with Crippen molar-refractivity contribution in [3.63, 3.8) is 0 Å². The third kappa shape index (κ3) is 3.74. The van der Waals surface area contributed by atoms with E-state index in [1.807, 2.05) is 32.9 Å². The standard InChI is InChI=1S/C20H26N2O4/c1-7-16(14-8-9-17(25-5)18(11-14)26-6)21-19(23)15-10-12(2)13(3)22(4)20(15)24/h8-11,16H,7H2,1-6H3,(H,21,23)/t16-/m1/s1. The van der Waals surface area contributed by atoms with Gasteiger partial charge in [0.05, 0.1) is 20.3 Å². The van der Waals surface area contributed by atoms with Crippen molar-refractivity contribution in [3.05, 3.63) is 57.0 Å². The Hall–Kier alpha value is -2.76. The zero-order chi connectivity index (χ0) is 19.4. The Kier molecular flexibility index (Phi) is 6.08. The molecule has 0 saturated carbocycles. The molecule has 6 nitrogen and oxygen atoms in total. The molecule has 0 bridgehead atoms. The zero-order valence-corrected chi connectivity index (χ0v) is 16.2. The number of ether oxygens (including phenoxy) is 2. The van der Waals surface area contributed by atoms with E-state index in [0.717, 1.165) is 16.8 Å². The summed E-state index contributed by atoms with van der Waals surface area (Å²) in [5.74, 6) is 0.843. The number of rotatable bonds is 6. The molecule has 0 unspecified atom stereocenters. The van der Waals surface area contributed by atoms with Gasteiger partial charge >= 0.3 is 0 Å². The molecule has 0 aliphatic carbocycles. The first kappa shape index (κ1) is 19.6. The van der Waals surface area contributed by atoms with E-state index in [1.165, 1.54) is 4.57 Å². The molecule has 140 valence electrons. The fourth-order valence-electron chi connectivity index (χ4n) is 2.87. The number of aryl methyl sites for hydroxylation is 1. The molecule has 1 atom stereocenters. The maximum absolute atomic E-state index is 12.7. The van der Waals surface area contributed by atoms with Crippen LogP contribution in [0.5, 0.6) is 11.5 Å². The van der Waals surface area contributed by atoms with E-state index in [1.54, 1.807) is 33.4 Å². The molecule has 1 aromatic heterocycles. The van der Waals surface area contributed by atoms with Crippen LogP contribution in [0.4, 0.5) is 0 Å². The van der Waals surface area contributed by atoms with Crippen molar-refractivity contribution < 1.29 is 14.3 Å². The van der Waals surface area contributed by atoms with Crippen LogP contribution in [0.1, 0.15) is 46.6 Å². The SMILES string of the molecule is CC[C@@H](NC(=O)c1cc(C)c(C)n(C)c1=O)c1ccc(OC)c(OC)c1. The van der Waals surface area contributed by atoms with Gasteiger partial charge in [0, 0.05) is 12.7 Å². The minimum Gasteiger partial charge on any atom is -0.493 e. The Morgan fingerprint density at radius 1 is 1.15 bits per heavy atom. The molecule has 0 aliphatic rings. The normalized spacial score (nSPS) is 11.8. The van der Waals surface area contributed by atoms with Crippen LogP contribution in [-0.2, 0) is 7.05 Å². The Morgan fingerprint density at radius 2 is 1.81 bits per heavy atom. The van der Waals surface area contributed by atoms with Crippen LogP contribution < -0.4 is 20.3 Å². The quantitative estimate of drug-likeness (QED) is 0.862. The van der Waals surface area contributed by atoms with Crippen LogP contribution in [0, 0.1) is 13.8 Å². The van der Waals surface area contributed by atoms with Gasteiger partial charge in [-0.1, -0.05) is 13.0 Å². The molecule has 0 aliphatic heterocycles. The summed E-state index contributed by atoms with van der Waals surface area (Å²) < 4.78 is 12.1. The van der Waals surface area contributed by atoms with Crippen molar-refractivity contribution in [1.29, 1.82) is 0 Å². The van der Waals surface area contributed by atoms with E-state index in [-0.39, 0.29) is 23.1 Å². The predicted molar refractivity (Wildman–Crippen MR) is 101 cm³/mol. The van der Waals surface area contributed by atoms with Gasteiger partial charge in [-0.25, -0.2) is 0 Å². The largest absolute Gasteiger partial charge is 0.493 e. The highest BCUT2D eigenvalue weighted by Crippen LogP contribution is 2.30. The fourth-order valence-corrected chi connectivity index (χ4v) is 2.87. The smallest absolute Gasteiger partial charge is 0.263 e. The third-order valence-corrected chi connectivity index (χ3v) is 4.74. The topological polar surface area (TPSA) is 69.6 Å². The lowest BCUT2D eigenvalue weighted by Crippen LogP contribution is -2.35. The van der Waals surface area contributed by atoms with Crippen molar-refractivity contribution in [2.24, 2.45) is 7.05 Å². The van der Waals surface area contributed by atoms with Crippen molar-refractivity contribution >= 4 is 5.91 Å². The number of pyridine rings is 1. The number of benzene rings is 1. The van der Waals surface area contributed by atoms with Gasteiger partial charge in [-0.05, 0) is 49.6 Å². The summed E-state index contributed by atoms with van der Waals surface area (Å²) in [5, 5.41) is 2.95. The summed E-state index contributed by atoms with van der Waals surface area (Å²) in [6, 6.07) is 6.93. The first-order valence-electron chi connectivity index (χ1n) is 8.54. The average Bonchev–Trinajstić information content (AvgIpc) is 2.66. The first-order valence-corrected chi connectivity index (χ1v) is 8.54. The second kappa shape index (κ2) is 8.08. The number of carbonyl (C=O) groups excluding carboxylic acids is 1. The van der Waals surface area contributed by atoms with Crippen molar-refractivity contribution in [2.45, 2.75) is 33.2 Å². The Bertz CT molecular complexity index is 871. The molecule has 1 amide bonds. The third-order valence-electron chi connectivity index (χ3n) is 4.74. The Balaban J connectivity index is 2.34. The van der Waals surface area contributed by atoms with Crippen LogP contribution in [0.25, 0.3) is 0 Å². The molecule has 0 spiro atoms. The molecule has 2 rings (SSSR count). The minimum atomic E-state index is -0.379. The van der Waals surface area contributed by atoms with E-state index < -0.39 is 0 Å². The zero-order valence-electron chi connectivity index (χ0n) is 16.2. The minimum absolute atomic E-state index is 0.148. The fraction of sp³-hybridized carbons (Fsp3) is 0.400. The molecule has 1 N–H and O–H groups in total. The van der Waals surface area contributed by atoms with Crippen LogP contribution in [0.15, 0.2) is 29.1 Å². The number of methoxy groups -OCH3 is 2. The number of hydrogen-bond donors (Lipinski definition) is 1. The number of amides is 1. The number of aromatic nitrogens is 1. The lowest BCUT2D eigenvalue weighted by atomic mass is 10.0. The van der Waals surface area contributed by atoms with Gasteiger partial charge in [0.2, 0.25) is 0 Å². The van der Waals surface area contributed by atoms with Crippen LogP contribution in [0.3, 0.4) is 0 Å². The Labute approximate surface area is 153 Å². The molecular formula is C20H26N2O4. The predicted octanol–water partition coefficient (Wildman–Crippen LogP) is 2.90. The van der Waals surface area contributed by atoms with Gasteiger partial charge in [0.1, 0.15) is 5.56 Å². The van der Waals surface area contributed by atoms with E-state index in [0.29, 0.717) is 17.9 Å². The van der Waals surface area contributed by atoms with Gasteiger partial charge in [-0.3, -0.25) is 9.59 Å². The molecule has 0 fully saturated rings. The van der Waals surface area contributed by atoms with Crippen LogP contribution in [0.2, 0.25) is 0 Å². The van der Waals surface area contributed by atoms with E-state index >= 15 is 0 Å². The summed E-state index contributed by atoms with van der Waals surface area (Å²) in [4.78, 5) is 25.2. The van der Waals surface area contributed by atoms with E-state index in [2.05, 4.69) is 5.32 Å². The monoisotopic (exact) mass is 358 g/mol. The van der Waals surface area contributed by atoms with Gasteiger partial charge in [-0.15, -0.1) is 0 Å². The average molecular weight is 358 g/mol. The van der Waals surface area contributed by atoms with Crippen LogP contribution in [-0.4, -0.2) is 24.7 Å². The molecule has 6 heteroatoms.